The number of likely N-dealkylation sites (tertiary alicyclic amines) is 1. The molecule has 1 aliphatic heterocycles. The van der Waals surface area contributed by atoms with E-state index in [1.807, 2.05) is 6.07 Å². The Morgan fingerprint density at radius 1 is 1.40 bits per heavy atom. The minimum absolute atomic E-state index is 0.192. The largest absolute Gasteiger partial charge is 0.445 e. The summed E-state index contributed by atoms with van der Waals surface area (Å²) in [6.07, 6.45) is 4.48. The van der Waals surface area contributed by atoms with Gasteiger partial charge in [0.05, 0.1) is 6.20 Å². The predicted molar refractivity (Wildman–Crippen MR) is 75.2 cm³/mol. The van der Waals surface area contributed by atoms with Crippen LogP contribution in [-0.2, 0) is 6.42 Å². The summed E-state index contributed by atoms with van der Waals surface area (Å²) in [5.74, 6) is 1.70. The maximum Gasteiger partial charge on any atom is 0.198 e. The van der Waals surface area contributed by atoms with Gasteiger partial charge < -0.3 is 9.32 Å². The number of rotatable bonds is 3. The molecule has 1 aromatic heterocycles. The van der Waals surface area contributed by atoms with Crippen molar-refractivity contribution in [1.82, 2.24) is 9.88 Å². The van der Waals surface area contributed by atoms with Crippen molar-refractivity contribution in [1.29, 1.82) is 0 Å². The normalized spacial score (nSPS) is 20.2. The molecule has 1 unspecified atom stereocenters. The van der Waals surface area contributed by atoms with Crippen molar-refractivity contribution in [2.24, 2.45) is 0 Å². The van der Waals surface area contributed by atoms with Crippen LogP contribution in [0.4, 0.5) is 4.39 Å². The highest BCUT2D eigenvalue weighted by atomic mass is 19.1. The lowest BCUT2D eigenvalue weighted by atomic mass is 9.99. The molecule has 1 aliphatic rings. The molecular weight excluding hydrogens is 255 g/mol. The molecule has 1 saturated heterocycles. The van der Waals surface area contributed by atoms with Gasteiger partial charge in [-0.3, -0.25) is 0 Å². The molecule has 3 rings (SSSR count). The topological polar surface area (TPSA) is 29.3 Å². The van der Waals surface area contributed by atoms with E-state index in [-0.39, 0.29) is 5.82 Å². The van der Waals surface area contributed by atoms with Crippen molar-refractivity contribution >= 4 is 0 Å². The fourth-order valence-electron chi connectivity index (χ4n) is 2.79. The lowest BCUT2D eigenvalue weighted by molar-refractivity contribution is 0.228. The van der Waals surface area contributed by atoms with Gasteiger partial charge in [0.15, 0.2) is 5.89 Å². The van der Waals surface area contributed by atoms with Crippen LogP contribution in [0.3, 0.4) is 0 Å². The van der Waals surface area contributed by atoms with Gasteiger partial charge in [0.25, 0.3) is 0 Å². The third-order valence-corrected chi connectivity index (χ3v) is 3.87. The third kappa shape index (κ3) is 2.90. The Hall–Kier alpha value is -1.68. The van der Waals surface area contributed by atoms with E-state index >= 15 is 0 Å². The zero-order valence-corrected chi connectivity index (χ0v) is 11.7. The molecular formula is C16H19FN2O. The second-order valence-electron chi connectivity index (χ2n) is 5.53. The molecule has 2 heterocycles. The minimum Gasteiger partial charge on any atom is -0.445 e. The molecule has 2 aromatic rings. The molecule has 0 aliphatic carbocycles. The van der Waals surface area contributed by atoms with Gasteiger partial charge in [-0.2, -0.15) is 0 Å². The maximum absolute atomic E-state index is 13.6. The Bertz CT molecular complexity index is 581. The summed E-state index contributed by atoms with van der Waals surface area (Å²) in [6.45, 7) is 2.12. The van der Waals surface area contributed by atoms with E-state index in [9.17, 15) is 4.39 Å². The van der Waals surface area contributed by atoms with Crippen LogP contribution >= 0.6 is 0 Å². The lowest BCUT2D eigenvalue weighted by Gasteiger charge is -2.27. The van der Waals surface area contributed by atoms with E-state index in [4.69, 9.17) is 4.42 Å². The van der Waals surface area contributed by atoms with Gasteiger partial charge in [-0.05, 0) is 38.1 Å². The highest BCUT2D eigenvalue weighted by Crippen LogP contribution is 2.26. The highest BCUT2D eigenvalue weighted by Gasteiger charge is 2.23. The second kappa shape index (κ2) is 5.75. The van der Waals surface area contributed by atoms with E-state index in [0.29, 0.717) is 17.9 Å². The van der Waals surface area contributed by atoms with Crippen molar-refractivity contribution in [3.8, 4) is 0 Å². The first kappa shape index (κ1) is 13.3. The molecule has 4 heteroatoms. The van der Waals surface area contributed by atoms with Crippen LogP contribution in [0.25, 0.3) is 0 Å². The number of benzene rings is 1. The van der Waals surface area contributed by atoms with Crippen molar-refractivity contribution in [3.05, 3.63) is 53.5 Å². The summed E-state index contributed by atoms with van der Waals surface area (Å²) in [7, 11) is 2.12. The van der Waals surface area contributed by atoms with E-state index in [1.54, 1.807) is 18.3 Å². The first-order valence-corrected chi connectivity index (χ1v) is 7.09. The molecule has 0 N–H and O–H groups in total. The molecule has 1 aromatic carbocycles. The molecule has 3 nitrogen and oxygen atoms in total. The molecule has 106 valence electrons. The van der Waals surface area contributed by atoms with Gasteiger partial charge in [-0.1, -0.05) is 18.2 Å². The number of aromatic nitrogens is 1. The van der Waals surface area contributed by atoms with E-state index in [2.05, 4.69) is 16.9 Å². The van der Waals surface area contributed by atoms with Crippen molar-refractivity contribution in [2.75, 3.05) is 20.1 Å². The number of halogens is 1. The van der Waals surface area contributed by atoms with Crippen LogP contribution in [0.2, 0.25) is 0 Å². The maximum atomic E-state index is 13.6. The number of nitrogens with zero attached hydrogens (tertiary/aromatic N) is 2. The second-order valence-corrected chi connectivity index (χ2v) is 5.53. The van der Waals surface area contributed by atoms with Gasteiger partial charge >= 0.3 is 0 Å². The predicted octanol–water partition coefficient (Wildman–Crippen LogP) is 3.21. The van der Waals surface area contributed by atoms with Gasteiger partial charge in [0.1, 0.15) is 11.6 Å². The molecule has 0 saturated carbocycles. The van der Waals surface area contributed by atoms with E-state index < -0.39 is 0 Å². The van der Waals surface area contributed by atoms with Crippen LogP contribution in [0, 0.1) is 5.82 Å². The molecule has 0 bridgehead atoms. The highest BCUT2D eigenvalue weighted by molar-refractivity contribution is 5.21. The fraction of sp³-hybridized carbons (Fsp3) is 0.438. The van der Waals surface area contributed by atoms with Crippen LogP contribution in [0.1, 0.15) is 36.0 Å². The summed E-state index contributed by atoms with van der Waals surface area (Å²) in [5, 5.41) is 0. The summed E-state index contributed by atoms with van der Waals surface area (Å²) in [4.78, 5) is 6.68. The third-order valence-electron chi connectivity index (χ3n) is 3.87. The number of hydrogen-bond donors (Lipinski definition) is 0. The van der Waals surface area contributed by atoms with E-state index in [1.165, 1.54) is 12.5 Å². The van der Waals surface area contributed by atoms with Crippen LogP contribution < -0.4 is 0 Å². The molecule has 1 atom stereocenters. The summed E-state index contributed by atoms with van der Waals surface area (Å²) < 4.78 is 19.4. The van der Waals surface area contributed by atoms with Crippen molar-refractivity contribution < 1.29 is 8.81 Å². The van der Waals surface area contributed by atoms with Crippen LogP contribution in [-0.4, -0.2) is 30.0 Å². The minimum atomic E-state index is -0.192. The first-order chi connectivity index (χ1) is 9.72. The Morgan fingerprint density at radius 3 is 3.05 bits per heavy atom. The summed E-state index contributed by atoms with van der Waals surface area (Å²) in [5.41, 5.74) is 0.649. The monoisotopic (exact) mass is 274 g/mol. The standard InChI is InChI=1S/C16H19FN2O/c1-19-8-4-6-13(11-19)16-18-10-14(20-16)9-12-5-2-3-7-15(12)17/h2-3,5,7,10,13H,4,6,8-9,11H2,1H3. The first-order valence-electron chi connectivity index (χ1n) is 7.09. The zero-order chi connectivity index (χ0) is 13.9. The Balaban J connectivity index is 1.72. The van der Waals surface area contributed by atoms with Crippen molar-refractivity contribution in [2.45, 2.75) is 25.2 Å². The lowest BCUT2D eigenvalue weighted by Crippen LogP contribution is -2.30. The van der Waals surface area contributed by atoms with E-state index in [0.717, 1.165) is 31.2 Å². The quantitative estimate of drug-likeness (QED) is 0.860. The number of oxazole rings is 1. The number of hydrogen-bond acceptors (Lipinski definition) is 3. The zero-order valence-electron chi connectivity index (χ0n) is 11.7. The molecule has 0 radical (unpaired) electrons. The van der Waals surface area contributed by atoms with Gasteiger partial charge in [-0.25, -0.2) is 9.37 Å². The van der Waals surface area contributed by atoms with Gasteiger partial charge in [0, 0.05) is 18.9 Å². The molecule has 0 spiro atoms. The SMILES string of the molecule is CN1CCCC(c2ncc(Cc3ccccc3F)o2)C1. The number of likely N-dealkylation sites (N-methyl/N-ethyl adjacent to an activating group) is 1. The van der Waals surface area contributed by atoms with Gasteiger partial charge in [-0.15, -0.1) is 0 Å². The molecule has 1 fully saturated rings. The average Bonchev–Trinajstić information content (AvgIpc) is 2.90. The Morgan fingerprint density at radius 2 is 2.25 bits per heavy atom. The van der Waals surface area contributed by atoms with Crippen molar-refractivity contribution in [3.63, 3.8) is 0 Å². The summed E-state index contributed by atoms with van der Waals surface area (Å²) in [6, 6.07) is 6.79. The smallest absolute Gasteiger partial charge is 0.198 e. The Kier molecular flexibility index (Phi) is 3.83. The molecule has 0 amide bonds. The van der Waals surface area contributed by atoms with Crippen LogP contribution in [0.15, 0.2) is 34.9 Å². The molecule has 20 heavy (non-hydrogen) atoms. The Labute approximate surface area is 118 Å². The fourth-order valence-corrected chi connectivity index (χ4v) is 2.79. The number of piperidine rings is 1. The van der Waals surface area contributed by atoms with Crippen LogP contribution in [0.5, 0.6) is 0 Å². The average molecular weight is 274 g/mol. The summed E-state index contributed by atoms with van der Waals surface area (Å²) >= 11 is 0. The van der Waals surface area contributed by atoms with Gasteiger partial charge in [0.2, 0.25) is 0 Å².